The Bertz CT molecular complexity index is 667. The molecule has 170 valence electrons. The van der Waals surface area contributed by atoms with Crippen LogP contribution in [0.4, 0.5) is 9.59 Å². The number of amides is 3. The van der Waals surface area contributed by atoms with Gasteiger partial charge in [-0.1, -0.05) is 0 Å². The van der Waals surface area contributed by atoms with E-state index in [9.17, 15) is 14.4 Å². The summed E-state index contributed by atoms with van der Waals surface area (Å²) in [6.45, 7) is 12.4. The average molecular weight is 426 g/mol. The second-order valence-corrected chi connectivity index (χ2v) is 10.3. The summed E-state index contributed by atoms with van der Waals surface area (Å²) >= 11 is 0. The molecule has 30 heavy (non-hydrogen) atoms. The molecule has 0 unspecified atom stereocenters. The molecule has 3 fully saturated rings. The number of hydrogen-bond donors (Lipinski definition) is 0. The van der Waals surface area contributed by atoms with Crippen LogP contribution in [-0.2, 0) is 19.0 Å². The lowest BCUT2D eigenvalue weighted by molar-refractivity contribution is -0.148. The zero-order chi connectivity index (χ0) is 22.3. The van der Waals surface area contributed by atoms with Crippen molar-refractivity contribution in [3.05, 3.63) is 0 Å². The second-order valence-electron chi connectivity index (χ2n) is 10.3. The van der Waals surface area contributed by atoms with E-state index in [-0.39, 0.29) is 37.6 Å². The number of nitrogens with zero attached hydrogens (tertiary/aromatic N) is 3. The Kier molecular flexibility index (Phi) is 6.23. The quantitative estimate of drug-likeness (QED) is 0.640. The summed E-state index contributed by atoms with van der Waals surface area (Å²) < 4.78 is 16.6. The first-order valence-electron chi connectivity index (χ1n) is 10.7. The Morgan fingerprint density at radius 3 is 1.90 bits per heavy atom. The minimum Gasteiger partial charge on any atom is -0.444 e. The molecule has 0 N–H and O–H groups in total. The number of ether oxygens (including phenoxy) is 3. The van der Waals surface area contributed by atoms with Crippen LogP contribution in [0.2, 0.25) is 0 Å². The first-order chi connectivity index (χ1) is 13.9. The highest BCUT2D eigenvalue weighted by Crippen LogP contribution is 2.31. The van der Waals surface area contributed by atoms with Crippen molar-refractivity contribution < 1.29 is 28.6 Å². The molecule has 2 bridgehead atoms. The van der Waals surface area contributed by atoms with Gasteiger partial charge in [-0.2, -0.15) is 0 Å². The van der Waals surface area contributed by atoms with Gasteiger partial charge in [0.2, 0.25) is 5.91 Å². The maximum absolute atomic E-state index is 13.6. The van der Waals surface area contributed by atoms with Gasteiger partial charge in [0.25, 0.3) is 0 Å². The van der Waals surface area contributed by atoms with Gasteiger partial charge in [-0.3, -0.25) is 9.69 Å². The van der Waals surface area contributed by atoms with Gasteiger partial charge in [-0.25, -0.2) is 9.59 Å². The molecular weight excluding hydrogens is 390 g/mol. The van der Waals surface area contributed by atoms with Crippen molar-refractivity contribution in [2.24, 2.45) is 0 Å². The van der Waals surface area contributed by atoms with Crippen LogP contribution in [0.1, 0.15) is 54.4 Å². The Hall–Kier alpha value is -2.03. The SMILES string of the molecule is CC(C)(C)OC(=O)N1CCN(C(=O)OC(C)(C)C)[C@@H](C(=O)N2[C@@H]3CC[C@H]2COC3)C1. The molecule has 3 aliphatic heterocycles. The molecule has 3 saturated heterocycles. The van der Waals surface area contributed by atoms with Gasteiger partial charge in [0.1, 0.15) is 17.2 Å². The molecule has 9 heteroatoms. The first kappa shape index (κ1) is 22.7. The largest absolute Gasteiger partial charge is 0.444 e. The van der Waals surface area contributed by atoms with Crippen LogP contribution < -0.4 is 0 Å². The smallest absolute Gasteiger partial charge is 0.411 e. The first-order valence-corrected chi connectivity index (χ1v) is 10.7. The van der Waals surface area contributed by atoms with E-state index >= 15 is 0 Å². The molecule has 0 aromatic heterocycles. The fourth-order valence-corrected chi connectivity index (χ4v) is 4.19. The highest BCUT2D eigenvalue weighted by atomic mass is 16.6. The fraction of sp³-hybridized carbons (Fsp3) is 0.857. The number of carbonyl (C=O) groups excluding carboxylic acids is 3. The number of hydrogen-bond acceptors (Lipinski definition) is 6. The van der Waals surface area contributed by atoms with Crippen LogP contribution in [0.25, 0.3) is 0 Å². The van der Waals surface area contributed by atoms with Crippen LogP contribution >= 0.6 is 0 Å². The average Bonchev–Trinajstić information content (AvgIpc) is 2.86. The number of rotatable bonds is 1. The van der Waals surface area contributed by atoms with Crippen molar-refractivity contribution in [2.75, 3.05) is 32.8 Å². The molecule has 3 heterocycles. The molecule has 0 spiro atoms. The van der Waals surface area contributed by atoms with E-state index in [1.165, 1.54) is 9.80 Å². The van der Waals surface area contributed by atoms with Crippen LogP contribution in [0.5, 0.6) is 0 Å². The zero-order valence-electron chi connectivity index (χ0n) is 19.0. The van der Waals surface area contributed by atoms with Gasteiger partial charge in [0.15, 0.2) is 0 Å². The molecular formula is C21H35N3O6. The number of carbonyl (C=O) groups is 3. The Balaban J connectivity index is 1.80. The fourth-order valence-electron chi connectivity index (χ4n) is 4.19. The van der Waals surface area contributed by atoms with Gasteiger partial charge in [0.05, 0.1) is 31.8 Å². The molecule has 3 atom stereocenters. The van der Waals surface area contributed by atoms with Crippen LogP contribution in [0.15, 0.2) is 0 Å². The third-order valence-electron chi connectivity index (χ3n) is 5.44. The van der Waals surface area contributed by atoms with Gasteiger partial charge in [-0.05, 0) is 54.4 Å². The van der Waals surface area contributed by atoms with Crippen molar-refractivity contribution in [3.63, 3.8) is 0 Å². The topological polar surface area (TPSA) is 88.6 Å². The zero-order valence-corrected chi connectivity index (χ0v) is 19.0. The molecule has 3 rings (SSSR count). The van der Waals surface area contributed by atoms with Gasteiger partial charge < -0.3 is 24.0 Å². The minimum atomic E-state index is -0.803. The Morgan fingerprint density at radius 2 is 1.37 bits per heavy atom. The maximum Gasteiger partial charge on any atom is 0.411 e. The summed E-state index contributed by atoms with van der Waals surface area (Å²) in [4.78, 5) is 43.9. The van der Waals surface area contributed by atoms with Gasteiger partial charge >= 0.3 is 12.2 Å². The van der Waals surface area contributed by atoms with E-state index in [0.717, 1.165) is 12.8 Å². The molecule has 3 aliphatic rings. The summed E-state index contributed by atoms with van der Waals surface area (Å²) in [5, 5.41) is 0. The van der Waals surface area contributed by atoms with E-state index < -0.39 is 29.4 Å². The minimum absolute atomic E-state index is 0.0219. The summed E-state index contributed by atoms with van der Waals surface area (Å²) in [5.74, 6) is -0.148. The van der Waals surface area contributed by atoms with E-state index in [0.29, 0.717) is 13.2 Å². The normalized spacial score (nSPS) is 27.1. The second kappa shape index (κ2) is 8.24. The van der Waals surface area contributed by atoms with Crippen molar-refractivity contribution in [2.45, 2.75) is 83.7 Å². The van der Waals surface area contributed by atoms with E-state index in [1.54, 1.807) is 41.5 Å². The number of piperazine rings is 1. The van der Waals surface area contributed by atoms with Crippen molar-refractivity contribution in [1.82, 2.24) is 14.7 Å². The summed E-state index contributed by atoms with van der Waals surface area (Å²) in [6, 6.07) is -0.760. The highest BCUT2D eigenvalue weighted by molar-refractivity contribution is 5.88. The lowest BCUT2D eigenvalue weighted by Crippen LogP contribution is -2.65. The summed E-state index contributed by atoms with van der Waals surface area (Å²) in [7, 11) is 0. The standard InChI is InChI=1S/C21H35N3O6/c1-20(2,3)29-18(26)22-9-10-23(19(27)30-21(4,5)6)16(11-22)17(25)24-14-7-8-15(24)13-28-12-14/h14-16H,7-13H2,1-6H3/t14-,15+,16-/m1/s1. The molecule has 0 aromatic carbocycles. The summed E-state index contributed by atoms with van der Waals surface area (Å²) in [5.41, 5.74) is -1.31. The van der Waals surface area contributed by atoms with E-state index in [4.69, 9.17) is 14.2 Å². The predicted octanol–water partition coefficient (Wildman–Crippen LogP) is 2.23. The molecule has 9 nitrogen and oxygen atoms in total. The Morgan fingerprint density at radius 1 is 0.833 bits per heavy atom. The molecule has 0 aromatic rings. The van der Waals surface area contributed by atoms with Gasteiger partial charge in [0, 0.05) is 13.1 Å². The number of morpholine rings is 1. The van der Waals surface area contributed by atoms with Crippen LogP contribution in [0, 0.1) is 0 Å². The number of fused-ring (bicyclic) bond motifs is 2. The maximum atomic E-state index is 13.6. The van der Waals surface area contributed by atoms with Gasteiger partial charge in [-0.15, -0.1) is 0 Å². The highest BCUT2D eigenvalue weighted by Gasteiger charge is 2.47. The predicted molar refractivity (Wildman–Crippen MR) is 109 cm³/mol. The molecule has 0 saturated carbocycles. The van der Waals surface area contributed by atoms with E-state index in [1.807, 2.05) is 4.90 Å². The molecule has 3 amide bonds. The van der Waals surface area contributed by atoms with Crippen molar-refractivity contribution in [3.8, 4) is 0 Å². The Labute approximate surface area is 178 Å². The third-order valence-corrected chi connectivity index (χ3v) is 5.44. The molecule has 0 radical (unpaired) electrons. The molecule has 0 aliphatic carbocycles. The lowest BCUT2D eigenvalue weighted by atomic mass is 10.1. The van der Waals surface area contributed by atoms with Crippen molar-refractivity contribution >= 4 is 18.1 Å². The van der Waals surface area contributed by atoms with Crippen LogP contribution in [-0.4, -0.2) is 95.0 Å². The van der Waals surface area contributed by atoms with E-state index in [2.05, 4.69) is 0 Å². The lowest BCUT2D eigenvalue weighted by Gasteiger charge is -2.44. The third kappa shape index (κ3) is 5.17. The summed E-state index contributed by atoms with van der Waals surface area (Å²) in [6.07, 6.45) is 0.774. The van der Waals surface area contributed by atoms with Crippen molar-refractivity contribution in [1.29, 1.82) is 0 Å². The monoisotopic (exact) mass is 425 g/mol. The van der Waals surface area contributed by atoms with Crippen LogP contribution in [0.3, 0.4) is 0 Å².